The van der Waals surface area contributed by atoms with Crippen LogP contribution < -0.4 is 10.6 Å². The van der Waals surface area contributed by atoms with Gasteiger partial charge in [0, 0.05) is 11.3 Å². The van der Waals surface area contributed by atoms with E-state index in [4.69, 9.17) is 6.42 Å². The molecule has 0 aliphatic rings. The minimum atomic E-state index is -0.381. The van der Waals surface area contributed by atoms with Crippen molar-refractivity contribution in [3.63, 3.8) is 0 Å². The topological polar surface area (TPSA) is 102 Å². The average molecular weight is 352 g/mol. The zero-order valence-corrected chi connectivity index (χ0v) is 13.7. The van der Waals surface area contributed by atoms with Gasteiger partial charge in [0.15, 0.2) is 0 Å². The van der Waals surface area contributed by atoms with E-state index in [0.717, 1.165) is 0 Å². The molecular formula is C16H12N6O2S. The van der Waals surface area contributed by atoms with Crippen LogP contribution in [0.5, 0.6) is 0 Å². The molecule has 3 rings (SSSR count). The normalized spacial score (nSPS) is 10.0. The van der Waals surface area contributed by atoms with Crippen molar-refractivity contribution in [2.24, 2.45) is 0 Å². The van der Waals surface area contributed by atoms with E-state index in [-0.39, 0.29) is 18.4 Å². The molecule has 0 spiro atoms. The summed E-state index contributed by atoms with van der Waals surface area (Å²) in [6.45, 7) is -0.175. The maximum atomic E-state index is 12.3. The average Bonchev–Trinajstić information content (AvgIpc) is 3.30. The lowest BCUT2D eigenvalue weighted by Gasteiger charge is -2.07. The lowest BCUT2D eigenvalue weighted by Crippen LogP contribution is -2.32. The molecule has 25 heavy (non-hydrogen) atoms. The number of hydrogen-bond acceptors (Lipinski definition) is 6. The Bertz CT molecular complexity index is 942. The van der Waals surface area contributed by atoms with Gasteiger partial charge in [0.05, 0.1) is 12.2 Å². The van der Waals surface area contributed by atoms with E-state index in [1.807, 2.05) is 0 Å². The Kier molecular flexibility index (Phi) is 4.82. The van der Waals surface area contributed by atoms with Crippen molar-refractivity contribution in [3.8, 4) is 18.0 Å². The van der Waals surface area contributed by atoms with E-state index in [1.165, 1.54) is 22.3 Å². The number of nitrogens with zero attached hydrogens (tertiary/aromatic N) is 4. The molecule has 0 fully saturated rings. The first-order valence-electron chi connectivity index (χ1n) is 7.13. The first kappa shape index (κ1) is 16.4. The molecule has 2 N–H and O–H groups in total. The number of amides is 2. The number of hydrogen-bond donors (Lipinski definition) is 2. The number of thiophene rings is 1. The second-order valence-electron chi connectivity index (χ2n) is 4.85. The number of terminal acetylenes is 1. The molecule has 2 heterocycles. The fraction of sp³-hybridized carbons (Fsp3) is 0.0625. The third kappa shape index (κ3) is 3.88. The Morgan fingerprint density at radius 1 is 1.32 bits per heavy atom. The van der Waals surface area contributed by atoms with E-state index < -0.39 is 0 Å². The summed E-state index contributed by atoms with van der Waals surface area (Å²) in [6.07, 6.45) is 6.71. The molecule has 2 amide bonds. The Morgan fingerprint density at radius 3 is 2.96 bits per heavy atom. The number of nitrogens with one attached hydrogen (secondary N) is 2. The van der Waals surface area contributed by atoms with Crippen molar-refractivity contribution >= 4 is 28.8 Å². The number of benzene rings is 1. The molecule has 0 aliphatic carbocycles. The number of rotatable bonds is 5. The Balaban J connectivity index is 1.60. The van der Waals surface area contributed by atoms with E-state index in [2.05, 4.69) is 32.1 Å². The molecule has 8 nitrogen and oxygen atoms in total. The predicted molar refractivity (Wildman–Crippen MR) is 92.4 cm³/mol. The molecule has 0 saturated heterocycles. The van der Waals surface area contributed by atoms with Crippen LogP contribution in [0.4, 0.5) is 5.69 Å². The molecule has 0 aliphatic heterocycles. The SMILES string of the molecule is C#Cc1cccc(NC(=O)CNC(=O)c2sccc2-n2cnnn2)c1. The van der Waals surface area contributed by atoms with Gasteiger partial charge >= 0.3 is 0 Å². The van der Waals surface area contributed by atoms with Gasteiger partial charge in [0.2, 0.25) is 5.91 Å². The summed E-state index contributed by atoms with van der Waals surface area (Å²) in [5.41, 5.74) is 1.78. The molecule has 0 unspecified atom stereocenters. The van der Waals surface area contributed by atoms with E-state index in [1.54, 1.807) is 35.7 Å². The van der Waals surface area contributed by atoms with E-state index >= 15 is 0 Å². The van der Waals surface area contributed by atoms with E-state index in [9.17, 15) is 9.59 Å². The first-order valence-corrected chi connectivity index (χ1v) is 8.01. The standard InChI is InChI=1S/C16H12N6O2S/c1-2-11-4-3-5-12(8-11)19-14(23)9-17-16(24)15-13(6-7-25-15)22-10-18-20-21-22/h1,3-8,10H,9H2,(H,17,24)(H,19,23). The number of tetrazole rings is 1. The van der Waals surface area contributed by atoms with Crippen LogP contribution in [0.3, 0.4) is 0 Å². The van der Waals surface area contributed by atoms with Crippen LogP contribution in [-0.4, -0.2) is 38.6 Å². The highest BCUT2D eigenvalue weighted by molar-refractivity contribution is 7.12. The molecule has 9 heteroatoms. The summed E-state index contributed by atoms with van der Waals surface area (Å²) in [5, 5.41) is 17.8. The van der Waals surface area contributed by atoms with Crippen molar-refractivity contribution in [1.29, 1.82) is 0 Å². The van der Waals surface area contributed by atoms with Crippen molar-refractivity contribution < 1.29 is 9.59 Å². The maximum absolute atomic E-state index is 12.3. The smallest absolute Gasteiger partial charge is 0.264 e. The molecule has 0 bridgehead atoms. The van der Waals surface area contributed by atoms with Gasteiger partial charge in [-0.05, 0) is 40.1 Å². The quantitative estimate of drug-likeness (QED) is 0.669. The van der Waals surface area contributed by atoms with Crippen LogP contribution in [0.25, 0.3) is 5.69 Å². The first-order chi connectivity index (χ1) is 12.2. The number of carbonyl (C=O) groups excluding carboxylic acids is 2. The highest BCUT2D eigenvalue weighted by Gasteiger charge is 2.16. The monoisotopic (exact) mass is 352 g/mol. The minimum absolute atomic E-state index is 0.175. The Hall–Kier alpha value is -3.51. The number of carbonyl (C=O) groups is 2. The molecule has 1 aromatic carbocycles. The van der Waals surface area contributed by atoms with Crippen molar-refractivity contribution in [2.45, 2.75) is 0 Å². The summed E-state index contributed by atoms with van der Waals surface area (Å²) >= 11 is 1.23. The van der Waals surface area contributed by atoms with Gasteiger partial charge < -0.3 is 10.6 Å². The van der Waals surface area contributed by atoms with Crippen molar-refractivity contribution in [1.82, 2.24) is 25.5 Å². The molecule has 2 aromatic heterocycles. The van der Waals surface area contributed by atoms with Crippen LogP contribution in [0.15, 0.2) is 42.0 Å². The second kappa shape index (κ2) is 7.37. The summed E-state index contributed by atoms with van der Waals surface area (Å²) in [7, 11) is 0. The zero-order valence-electron chi connectivity index (χ0n) is 12.8. The van der Waals surface area contributed by atoms with Gasteiger partial charge in [0.1, 0.15) is 11.2 Å². The third-order valence-electron chi connectivity index (χ3n) is 3.17. The highest BCUT2D eigenvalue weighted by Crippen LogP contribution is 2.19. The fourth-order valence-corrected chi connectivity index (χ4v) is 2.85. The molecule has 3 aromatic rings. The largest absolute Gasteiger partial charge is 0.342 e. The van der Waals surface area contributed by atoms with Gasteiger partial charge in [-0.3, -0.25) is 9.59 Å². The zero-order chi connectivity index (χ0) is 17.6. The maximum Gasteiger partial charge on any atom is 0.264 e. The highest BCUT2D eigenvalue weighted by atomic mass is 32.1. The minimum Gasteiger partial charge on any atom is -0.342 e. The summed E-state index contributed by atoms with van der Waals surface area (Å²) in [6, 6.07) is 8.62. The number of aromatic nitrogens is 4. The lowest BCUT2D eigenvalue weighted by molar-refractivity contribution is -0.115. The second-order valence-corrected chi connectivity index (χ2v) is 5.76. The van der Waals surface area contributed by atoms with Crippen molar-refractivity contribution in [3.05, 3.63) is 52.5 Å². The molecule has 0 radical (unpaired) electrons. The Morgan fingerprint density at radius 2 is 2.20 bits per heavy atom. The van der Waals surface area contributed by atoms with Crippen LogP contribution in [0, 0.1) is 12.3 Å². The van der Waals surface area contributed by atoms with Crippen LogP contribution in [0.2, 0.25) is 0 Å². The van der Waals surface area contributed by atoms with Gasteiger partial charge in [-0.25, -0.2) is 0 Å². The van der Waals surface area contributed by atoms with Gasteiger partial charge in [0.25, 0.3) is 5.91 Å². The van der Waals surface area contributed by atoms with Gasteiger partial charge in [-0.15, -0.1) is 22.9 Å². The van der Waals surface area contributed by atoms with Gasteiger partial charge in [-0.1, -0.05) is 12.0 Å². The predicted octanol–water partition coefficient (Wildman–Crippen LogP) is 1.07. The van der Waals surface area contributed by atoms with Crippen LogP contribution >= 0.6 is 11.3 Å². The third-order valence-corrected chi connectivity index (χ3v) is 4.07. The summed E-state index contributed by atoms with van der Waals surface area (Å²) < 4.78 is 1.39. The van der Waals surface area contributed by atoms with Crippen molar-refractivity contribution in [2.75, 3.05) is 11.9 Å². The summed E-state index contributed by atoms with van der Waals surface area (Å²) in [5.74, 6) is 1.75. The molecule has 0 atom stereocenters. The van der Waals surface area contributed by atoms with E-state index in [0.29, 0.717) is 21.8 Å². The fourth-order valence-electron chi connectivity index (χ4n) is 2.06. The van der Waals surface area contributed by atoms with Gasteiger partial charge in [-0.2, -0.15) is 4.68 Å². The van der Waals surface area contributed by atoms with Crippen LogP contribution in [-0.2, 0) is 4.79 Å². The summed E-state index contributed by atoms with van der Waals surface area (Å²) in [4.78, 5) is 24.7. The Labute approximate surface area is 146 Å². The van der Waals surface area contributed by atoms with Crippen LogP contribution in [0.1, 0.15) is 15.2 Å². The molecular weight excluding hydrogens is 340 g/mol. The number of anilines is 1. The molecule has 124 valence electrons. The molecule has 0 saturated carbocycles. The lowest BCUT2D eigenvalue weighted by atomic mass is 10.2.